The molecule has 0 spiro atoms. The molecule has 2 aromatic carbocycles. The Hall–Kier alpha value is -2.82. The second kappa shape index (κ2) is 8.71. The summed E-state index contributed by atoms with van der Waals surface area (Å²) in [5.41, 5.74) is 3.34. The van der Waals surface area contributed by atoms with Gasteiger partial charge in [-0.05, 0) is 35.2 Å². The number of methoxy groups -OCH3 is 1. The first kappa shape index (κ1) is 19.0. The maximum atomic E-state index is 12.4. The standard InChI is InChI=1S/C22H26N2O3/c1-3-21(25)24-13-12-23-22(26)19(15-24)14-16-4-6-17(7-5-16)18-8-10-20(27-2)11-9-18/h4-11,19H,3,12-15H2,1-2H3,(H,23,26)/t19-/m1/s1. The van der Waals surface area contributed by atoms with E-state index in [0.29, 0.717) is 32.5 Å². The second-order valence-corrected chi connectivity index (χ2v) is 6.81. The van der Waals surface area contributed by atoms with Gasteiger partial charge in [0.05, 0.1) is 13.0 Å². The maximum absolute atomic E-state index is 12.4. The van der Waals surface area contributed by atoms with Crippen LogP contribution in [-0.4, -0.2) is 43.5 Å². The molecule has 2 amide bonds. The third kappa shape index (κ3) is 4.67. The van der Waals surface area contributed by atoms with Crippen LogP contribution < -0.4 is 10.1 Å². The normalized spacial score (nSPS) is 17.2. The number of rotatable bonds is 5. The van der Waals surface area contributed by atoms with Crippen LogP contribution >= 0.6 is 0 Å². The van der Waals surface area contributed by atoms with E-state index in [-0.39, 0.29) is 17.7 Å². The van der Waals surface area contributed by atoms with Gasteiger partial charge in [0.25, 0.3) is 0 Å². The van der Waals surface area contributed by atoms with E-state index in [2.05, 4.69) is 29.6 Å². The van der Waals surface area contributed by atoms with Gasteiger partial charge in [-0.1, -0.05) is 43.3 Å². The molecule has 1 aliphatic heterocycles. The molecule has 1 heterocycles. The van der Waals surface area contributed by atoms with Gasteiger partial charge >= 0.3 is 0 Å². The first-order chi connectivity index (χ1) is 13.1. The summed E-state index contributed by atoms with van der Waals surface area (Å²) in [7, 11) is 1.66. The predicted molar refractivity (Wildman–Crippen MR) is 106 cm³/mol. The average molecular weight is 366 g/mol. The smallest absolute Gasteiger partial charge is 0.225 e. The molecule has 2 aromatic rings. The van der Waals surface area contributed by atoms with Gasteiger partial charge in [-0.15, -0.1) is 0 Å². The summed E-state index contributed by atoms with van der Waals surface area (Å²) in [4.78, 5) is 26.2. The van der Waals surface area contributed by atoms with E-state index in [9.17, 15) is 9.59 Å². The number of hydrogen-bond donors (Lipinski definition) is 1. The number of amides is 2. The summed E-state index contributed by atoms with van der Waals surface area (Å²) in [6.07, 6.45) is 1.10. The highest BCUT2D eigenvalue weighted by Crippen LogP contribution is 2.23. The van der Waals surface area contributed by atoms with E-state index in [1.54, 1.807) is 12.0 Å². The summed E-state index contributed by atoms with van der Waals surface area (Å²) in [5.74, 6) is 0.753. The Balaban J connectivity index is 1.70. The van der Waals surface area contributed by atoms with Gasteiger partial charge in [0.15, 0.2) is 0 Å². The molecular weight excluding hydrogens is 340 g/mol. The number of nitrogens with zero attached hydrogens (tertiary/aromatic N) is 1. The fraction of sp³-hybridized carbons (Fsp3) is 0.364. The fourth-order valence-corrected chi connectivity index (χ4v) is 3.41. The third-order valence-electron chi connectivity index (χ3n) is 5.01. The SMILES string of the molecule is CCC(=O)N1CCNC(=O)[C@H](Cc2ccc(-c3ccc(OC)cc3)cc2)C1. The van der Waals surface area contributed by atoms with Crippen LogP contribution in [0.25, 0.3) is 11.1 Å². The molecule has 1 saturated heterocycles. The van der Waals surface area contributed by atoms with E-state index in [0.717, 1.165) is 22.4 Å². The molecule has 1 aliphatic rings. The monoisotopic (exact) mass is 366 g/mol. The van der Waals surface area contributed by atoms with E-state index in [4.69, 9.17) is 4.74 Å². The Morgan fingerprint density at radius 1 is 1.11 bits per heavy atom. The molecule has 1 fully saturated rings. The molecule has 1 N–H and O–H groups in total. The van der Waals surface area contributed by atoms with Crippen molar-refractivity contribution in [3.8, 4) is 16.9 Å². The molecule has 5 heteroatoms. The lowest BCUT2D eigenvalue weighted by Gasteiger charge is -2.22. The van der Waals surface area contributed by atoms with Crippen LogP contribution in [0.2, 0.25) is 0 Å². The number of carbonyl (C=O) groups excluding carboxylic acids is 2. The van der Waals surface area contributed by atoms with Crippen LogP contribution in [0.1, 0.15) is 18.9 Å². The van der Waals surface area contributed by atoms with Crippen molar-refractivity contribution >= 4 is 11.8 Å². The summed E-state index contributed by atoms with van der Waals surface area (Å²) in [6.45, 7) is 3.46. The lowest BCUT2D eigenvalue weighted by Crippen LogP contribution is -2.36. The Bertz CT molecular complexity index is 784. The molecule has 3 rings (SSSR count). The van der Waals surface area contributed by atoms with Crippen molar-refractivity contribution in [3.05, 3.63) is 54.1 Å². The average Bonchev–Trinajstić information content (AvgIpc) is 2.89. The van der Waals surface area contributed by atoms with Crippen molar-refractivity contribution in [2.75, 3.05) is 26.7 Å². The van der Waals surface area contributed by atoms with Crippen LogP contribution in [0.15, 0.2) is 48.5 Å². The van der Waals surface area contributed by atoms with Crippen molar-refractivity contribution in [1.82, 2.24) is 10.2 Å². The number of nitrogens with one attached hydrogen (secondary N) is 1. The van der Waals surface area contributed by atoms with Crippen LogP contribution in [0, 0.1) is 5.92 Å². The number of ether oxygens (including phenoxy) is 1. The van der Waals surface area contributed by atoms with Gasteiger partial charge in [0.1, 0.15) is 5.75 Å². The Morgan fingerprint density at radius 2 is 1.74 bits per heavy atom. The van der Waals surface area contributed by atoms with Gasteiger partial charge in [-0.2, -0.15) is 0 Å². The van der Waals surface area contributed by atoms with E-state index >= 15 is 0 Å². The predicted octanol–water partition coefficient (Wildman–Crippen LogP) is 2.89. The number of carbonyl (C=O) groups is 2. The van der Waals surface area contributed by atoms with Crippen LogP contribution in [-0.2, 0) is 16.0 Å². The molecule has 0 aliphatic carbocycles. The van der Waals surface area contributed by atoms with E-state index in [1.807, 2.05) is 31.2 Å². The molecule has 27 heavy (non-hydrogen) atoms. The van der Waals surface area contributed by atoms with Crippen molar-refractivity contribution < 1.29 is 14.3 Å². The van der Waals surface area contributed by atoms with E-state index in [1.165, 1.54) is 0 Å². The number of hydrogen-bond acceptors (Lipinski definition) is 3. The lowest BCUT2D eigenvalue weighted by atomic mass is 9.96. The van der Waals surface area contributed by atoms with Crippen LogP contribution in [0.4, 0.5) is 0 Å². The molecule has 0 aromatic heterocycles. The van der Waals surface area contributed by atoms with Gasteiger partial charge < -0.3 is 15.0 Å². The maximum Gasteiger partial charge on any atom is 0.225 e. The number of benzene rings is 2. The summed E-state index contributed by atoms with van der Waals surface area (Å²) in [6, 6.07) is 16.2. The van der Waals surface area contributed by atoms with Gasteiger partial charge in [-0.3, -0.25) is 9.59 Å². The third-order valence-corrected chi connectivity index (χ3v) is 5.01. The molecule has 0 radical (unpaired) electrons. The molecule has 5 nitrogen and oxygen atoms in total. The van der Waals surface area contributed by atoms with Gasteiger partial charge in [-0.25, -0.2) is 0 Å². The molecule has 0 saturated carbocycles. The second-order valence-electron chi connectivity index (χ2n) is 6.81. The minimum absolute atomic E-state index is 0.0284. The molecule has 1 atom stereocenters. The highest BCUT2D eigenvalue weighted by atomic mass is 16.5. The van der Waals surface area contributed by atoms with Crippen LogP contribution in [0.5, 0.6) is 5.75 Å². The minimum Gasteiger partial charge on any atom is -0.497 e. The minimum atomic E-state index is -0.213. The van der Waals surface area contributed by atoms with Crippen molar-refractivity contribution in [2.24, 2.45) is 5.92 Å². The lowest BCUT2D eigenvalue weighted by molar-refractivity contribution is -0.131. The summed E-state index contributed by atoms with van der Waals surface area (Å²) >= 11 is 0. The van der Waals surface area contributed by atoms with Crippen LogP contribution in [0.3, 0.4) is 0 Å². The van der Waals surface area contributed by atoms with Crippen molar-refractivity contribution in [3.63, 3.8) is 0 Å². The highest BCUT2D eigenvalue weighted by molar-refractivity contribution is 5.82. The van der Waals surface area contributed by atoms with Gasteiger partial charge in [0.2, 0.25) is 11.8 Å². The zero-order valence-corrected chi connectivity index (χ0v) is 15.9. The Morgan fingerprint density at radius 3 is 2.33 bits per heavy atom. The molecule has 0 bridgehead atoms. The molecule has 142 valence electrons. The topological polar surface area (TPSA) is 58.6 Å². The first-order valence-electron chi connectivity index (χ1n) is 9.39. The van der Waals surface area contributed by atoms with Crippen molar-refractivity contribution in [2.45, 2.75) is 19.8 Å². The first-order valence-corrected chi connectivity index (χ1v) is 9.39. The quantitative estimate of drug-likeness (QED) is 0.885. The molecule has 0 unspecified atom stereocenters. The van der Waals surface area contributed by atoms with Crippen molar-refractivity contribution in [1.29, 1.82) is 0 Å². The van der Waals surface area contributed by atoms with E-state index < -0.39 is 0 Å². The highest BCUT2D eigenvalue weighted by Gasteiger charge is 2.27. The largest absolute Gasteiger partial charge is 0.497 e. The zero-order valence-electron chi connectivity index (χ0n) is 15.9. The summed E-state index contributed by atoms with van der Waals surface area (Å²) in [5, 5.41) is 2.93. The Kier molecular flexibility index (Phi) is 6.12. The summed E-state index contributed by atoms with van der Waals surface area (Å²) < 4.78 is 5.20. The zero-order chi connectivity index (χ0) is 19.2. The fourth-order valence-electron chi connectivity index (χ4n) is 3.41. The van der Waals surface area contributed by atoms with Gasteiger partial charge in [0, 0.05) is 26.1 Å². The molecular formula is C22H26N2O3. The Labute approximate surface area is 160 Å².